The number of aliphatic imine (C=N–C) groups is 1. The number of rotatable bonds is 7. The van der Waals surface area contributed by atoms with Gasteiger partial charge < -0.3 is 26.4 Å². The van der Waals surface area contributed by atoms with Crippen LogP contribution in [-0.4, -0.2) is 51.0 Å². The van der Waals surface area contributed by atoms with Crippen LogP contribution in [0.3, 0.4) is 0 Å². The maximum atomic E-state index is 12.0. The van der Waals surface area contributed by atoms with Gasteiger partial charge in [-0.15, -0.1) is 0 Å². The highest BCUT2D eigenvalue weighted by molar-refractivity contribution is 6.10. The number of amides is 1. The lowest BCUT2D eigenvalue weighted by atomic mass is 10.1. The van der Waals surface area contributed by atoms with E-state index >= 15 is 0 Å². The predicted molar refractivity (Wildman–Crippen MR) is 98.6 cm³/mol. The van der Waals surface area contributed by atoms with Crippen molar-refractivity contribution in [2.24, 2.45) is 10.7 Å². The van der Waals surface area contributed by atoms with Crippen molar-refractivity contribution in [3.63, 3.8) is 0 Å². The third-order valence-electron chi connectivity index (χ3n) is 3.45. The molecular formula is C18H18N4O5. The molecule has 2 rings (SSSR count). The van der Waals surface area contributed by atoms with Crippen LogP contribution in [0.5, 0.6) is 5.75 Å². The van der Waals surface area contributed by atoms with E-state index in [2.05, 4.69) is 15.3 Å². The molecule has 1 aromatic heterocycles. The van der Waals surface area contributed by atoms with E-state index in [1.165, 1.54) is 24.7 Å². The normalized spacial score (nSPS) is 12.7. The third-order valence-corrected chi connectivity index (χ3v) is 3.45. The molecule has 1 amide bonds. The van der Waals surface area contributed by atoms with Crippen LogP contribution in [0.4, 0.5) is 5.69 Å². The molecule has 6 N–H and O–H groups in total. The number of carboxylic acids is 1. The number of carboxylic acid groups (broad SMARTS) is 1. The number of allylic oxidation sites excluding steroid dienone is 1. The first kappa shape index (κ1) is 19.6. The number of nitrogens with one attached hydrogen (secondary N) is 1. The molecule has 0 saturated carbocycles. The monoisotopic (exact) mass is 370 g/mol. The van der Waals surface area contributed by atoms with E-state index in [0.717, 1.165) is 0 Å². The van der Waals surface area contributed by atoms with Crippen molar-refractivity contribution in [3.8, 4) is 5.75 Å². The molecule has 9 nitrogen and oxygen atoms in total. The largest absolute Gasteiger partial charge is 0.505 e. The number of carbonyl (C=O) groups excluding carboxylic acids is 1. The molecule has 9 heteroatoms. The number of para-hydroxylation sites is 1. The zero-order valence-electron chi connectivity index (χ0n) is 14.1. The molecular weight excluding hydrogens is 352 g/mol. The maximum absolute atomic E-state index is 12.0. The second kappa shape index (κ2) is 9.11. The number of pyridine rings is 1. The van der Waals surface area contributed by atoms with E-state index in [0.29, 0.717) is 16.8 Å². The molecule has 27 heavy (non-hydrogen) atoms. The topological polar surface area (TPSA) is 158 Å². The number of hydrogen-bond acceptors (Lipinski definition) is 7. The molecule has 0 aliphatic carbocycles. The van der Waals surface area contributed by atoms with Crippen LogP contribution in [0.25, 0.3) is 5.57 Å². The molecule has 0 unspecified atom stereocenters. The summed E-state index contributed by atoms with van der Waals surface area (Å²) in [5.41, 5.74) is 6.89. The molecule has 1 aromatic carbocycles. The maximum Gasteiger partial charge on any atom is 0.334 e. The minimum Gasteiger partial charge on any atom is -0.505 e. The van der Waals surface area contributed by atoms with Gasteiger partial charge in [0.1, 0.15) is 5.75 Å². The Labute approximate surface area is 154 Å². The number of carbonyl (C=O) groups is 2. The number of nitrogens with zero attached hydrogens (tertiary/aromatic N) is 2. The zero-order chi connectivity index (χ0) is 19.8. The standard InChI is InChI=1S/C18H18N4O5/c19-7-12(9-20-13-4-2-1-3-5-13)11-6-14(23)16(21-8-11)17(25)22-10-15(24)18(26)27/h1-9,15,23-24H,10,19H2,(H,22,25)(H,26,27)/b12-7+,20-9?/t15-/m0/s1. The van der Waals surface area contributed by atoms with Crippen LogP contribution in [-0.2, 0) is 4.79 Å². The Balaban J connectivity index is 2.13. The summed E-state index contributed by atoms with van der Waals surface area (Å²) in [6, 6.07) is 10.4. The molecule has 0 aliphatic heterocycles. The van der Waals surface area contributed by atoms with Gasteiger partial charge in [0.15, 0.2) is 11.8 Å². The lowest BCUT2D eigenvalue weighted by Gasteiger charge is -2.09. The van der Waals surface area contributed by atoms with Crippen LogP contribution in [0.1, 0.15) is 16.1 Å². The van der Waals surface area contributed by atoms with E-state index in [9.17, 15) is 14.7 Å². The summed E-state index contributed by atoms with van der Waals surface area (Å²) < 4.78 is 0. The smallest absolute Gasteiger partial charge is 0.334 e. The fourth-order valence-corrected chi connectivity index (χ4v) is 2.02. The molecule has 0 spiro atoms. The van der Waals surface area contributed by atoms with E-state index in [1.807, 2.05) is 18.2 Å². The molecule has 1 heterocycles. The van der Waals surface area contributed by atoms with Crippen molar-refractivity contribution in [3.05, 3.63) is 60.1 Å². The first-order chi connectivity index (χ1) is 12.9. The van der Waals surface area contributed by atoms with Crippen molar-refractivity contribution >= 4 is 29.4 Å². The first-order valence-corrected chi connectivity index (χ1v) is 7.82. The summed E-state index contributed by atoms with van der Waals surface area (Å²) in [5.74, 6) is -2.73. The third kappa shape index (κ3) is 5.38. The Morgan fingerprint density at radius 1 is 1.30 bits per heavy atom. The molecule has 0 fully saturated rings. The first-order valence-electron chi connectivity index (χ1n) is 7.82. The van der Waals surface area contributed by atoms with E-state index in [-0.39, 0.29) is 5.69 Å². The zero-order valence-corrected chi connectivity index (χ0v) is 14.1. The molecule has 0 aliphatic rings. The minimum absolute atomic E-state index is 0.312. The van der Waals surface area contributed by atoms with Gasteiger partial charge in [-0.05, 0) is 18.2 Å². The molecule has 0 bridgehead atoms. The van der Waals surface area contributed by atoms with Crippen LogP contribution in [0.15, 0.2) is 53.8 Å². The molecule has 0 saturated heterocycles. The Morgan fingerprint density at radius 3 is 2.59 bits per heavy atom. The molecule has 0 radical (unpaired) electrons. The number of hydrogen-bond donors (Lipinski definition) is 5. The van der Waals surface area contributed by atoms with Gasteiger partial charge in [-0.25, -0.2) is 9.78 Å². The van der Waals surface area contributed by atoms with Gasteiger partial charge in [0.2, 0.25) is 0 Å². The number of aliphatic hydroxyl groups is 1. The highest BCUT2D eigenvalue weighted by atomic mass is 16.4. The minimum atomic E-state index is -1.75. The van der Waals surface area contributed by atoms with Gasteiger partial charge in [0.05, 0.1) is 12.2 Å². The number of aliphatic carboxylic acids is 1. The summed E-state index contributed by atoms with van der Waals surface area (Å²) in [5, 5.41) is 30.0. The number of aromatic hydroxyl groups is 1. The highest BCUT2D eigenvalue weighted by Crippen LogP contribution is 2.21. The number of benzene rings is 1. The quantitative estimate of drug-likeness (QED) is 0.448. The van der Waals surface area contributed by atoms with Gasteiger partial charge in [0.25, 0.3) is 5.91 Å². The SMILES string of the molecule is N/C=C(\C=Nc1ccccc1)c1cnc(C(=O)NC[C@H](O)C(=O)O)c(O)c1. The van der Waals surface area contributed by atoms with Gasteiger partial charge in [-0.2, -0.15) is 0 Å². The van der Waals surface area contributed by atoms with E-state index in [4.69, 9.17) is 15.9 Å². The van der Waals surface area contributed by atoms with Gasteiger partial charge in [-0.1, -0.05) is 18.2 Å². The van der Waals surface area contributed by atoms with Crippen molar-refractivity contribution in [1.82, 2.24) is 10.3 Å². The highest BCUT2D eigenvalue weighted by Gasteiger charge is 2.18. The van der Waals surface area contributed by atoms with Crippen molar-refractivity contribution in [2.45, 2.75) is 6.10 Å². The van der Waals surface area contributed by atoms with Crippen LogP contribution in [0, 0.1) is 0 Å². The fourth-order valence-electron chi connectivity index (χ4n) is 2.02. The Hall–Kier alpha value is -3.72. The van der Waals surface area contributed by atoms with Crippen LogP contribution >= 0.6 is 0 Å². The second-order valence-corrected chi connectivity index (χ2v) is 5.37. The molecule has 2 aromatic rings. The number of aliphatic hydroxyl groups excluding tert-OH is 1. The van der Waals surface area contributed by atoms with Gasteiger partial charge in [-0.3, -0.25) is 9.79 Å². The Bertz CT molecular complexity index is 881. The summed E-state index contributed by atoms with van der Waals surface area (Å²) in [6.45, 7) is -0.519. The van der Waals surface area contributed by atoms with Crippen molar-refractivity contribution in [1.29, 1.82) is 0 Å². The average molecular weight is 370 g/mol. The lowest BCUT2D eigenvalue weighted by Crippen LogP contribution is -2.36. The number of nitrogens with two attached hydrogens (primary N) is 1. The predicted octanol–water partition coefficient (Wildman–Crippen LogP) is 0.665. The lowest BCUT2D eigenvalue weighted by molar-refractivity contribution is -0.146. The van der Waals surface area contributed by atoms with Crippen molar-refractivity contribution in [2.75, 3.05) is 6.54 Å². The van der Waals surface area contributed by atoms with Gasteiger partial charge >= 0.3 is 5.97 Å². The van der Waals surface area contributed by atoms with Crippen LogP contribution < -0.4 is 11.1 Å². The van der Waals surface area contributed by atoms with Gasteiger partial charge in [0, 0.05) is 29.7 Å². The second-order valence-electron chi connectivity index (χ2n) is 5.37. The number of aromatic nitrogens is 1. The van der Waals surface area contributed by atoms with Crippen LogP contribution in [0.2, 0.25) is 0 Å². The van der Waals surface area contributed by atoms with E-state index < -0.39 is 30.3 Å². The molecule has 140 valence electrons. The fraction of sp³-hybridized carbons (Fsp3) is 0.111. The summed E-state index contributed by atoms with van der Waals surface area (Å²) >= 11 is 0. The summed E-state index contributed by atoms with van der Waals surface area (Å²) in [7, 11) is 0. The van der Waals surface area contributed by atoms with Crippen molar-refractivity contribution < 1.29 is 24.9 Å². The summed E-state index contributed by atoms with van der Waals surface area (Å²) in [4.78, 5) is 30.6. The Morgan fingerprint density at radius 2 is 2.00 bits per heavy atom. The summed E-state index contributed by atoms with van der Waals surface area (Å²) in [6.07, 6.45) is 2.34. The molecule has 1 atom stereocenters. The Kier molecular flexibility index (Phi) is 6.61. The van der Waals surface area contributed by atoms with E-state index in [1.54, 1.807) is 12.1 Å². The average Bonchev–Trinajstić information content (AvgIpc) is 2.67.